The van der Waals surface area contributed by atoms with Crippen molar-refractivity contribution in [1.29, 1.82) is 0 Å². The molecule has 4 nitrogen and oxygen atoms in total. The fourth-order valence-electron chi connectivity index (χ4n) is 7.33. The number of hydrogen-bond donors (Lipinski definition) is 2. The number of nitrogens with zero attached hydrogens (tertiary/aromatic N) is 2. The van der Waals surface area contributed by atoms with Gasteiger partial charge >= 0.3 is 0 Å². The van der Waals surface area contributed by atoms with Gasteiger partial charge in [-0.05, 0) is 98.4 Å². The van der Waals surface area contributed by atoms with Crippen LogP contribution < -0.4 is 0 Å². The van der Waals surface area contributed by atoms with Crippen molar-refractivity contribution in [1.82, 2.24) is 0 Å². The van der Waals surface area contributed by atoms with Crippen molar-refractivity contribution in [2.24, 2.45) is 44.8 Å². The van der Waals surface area contributed by atoms with Gasteiger partial charge in [0, 0.05) is 0 Å². The van der Waals surface area contributed by atoms with Crippen LogP contribution in [0.4, 0.5) is 0 Å². The number of fused-ring (bicyclic) bond motifs is 5. The highest BCUT2D eigenvalue weighted by atomic mass is 16.4. The van der Waals surface area contributed by atoms with Gasteiger partial charge in [-0.25, -0.2) is 0 Å². The van der Waals surface area contributed by atoms with Crippen LogP contribution in [0.3, 0.4) is 0 Å². The van der Waals surface area contributed by atoms with Crippen molar-refractivity contribution < 1.29 is 10.4 Å². The number of allylic oxidation sites excluding steroid dienone is 2. The number of oxime groups is 2. The van der Waals surface area contributed by atoms with Crippen molar-refractivity contribution in [2.75, 3.05) is 0 Å². The third-order valence-electron chi connectivity index (χ3n) is 8.76. The fraction of sp³-hybridized carbons (Fsp3) is 0.810. The maximum Gasteiger partial charge on any atom is 0.0799 e. The van der Waals surface area contributed by atoms with Crippen LogP contribution in [0, 0.1) is 34.5 Å². The first kappa shape index (κ1) is 17.1. The molecule has 0 unspecified atom stereocenters. The van der Waals surface area contributed by atoms with Gasteiger partial charge in [0.15, 0.2) is 0 Å². The summed E-state index contributed by atoms with van der Waals surface area (Å²) in [5.41, 5.74) is 3.71. The van der Waals surface area contributed by atoms with E-state index in [1.807, 2.05) is 6.92 Å². The highest BCUT2D eigenvalue weighted by Crippen LogP contribution is 2.66. The molecule has 2 N–H and O–H groups in total. The van der Waals surface area contributed by atoms with Crippen LogP contribution in [-0.4, -0.2) is 21.8 Å². The average Bonchev–Trinajstić information content (AvgIpc) is 2.97. The molecule has 3 saturated carbocycles. The van der Waals surface area contributed by atoms with Gasteiger partial charge in [0.25, 0.3) is 0 Å². The first-order chi connectivity index (χ1) is 11.9. The summed E-state index contributed by atoms with van der Waals surface area (Å²) < 4.78 is 0. The van der Waals surface area contributed by atoms with E-state index in [1.165, 1.54) is 37.7 Å². The largest absolute Gasteiger partial charge is 0.411 e. The summed E-state index contributed by atoms with van der Waals surface area (Å²) in [7, 11) is 0. The maximum absolute atomic E-state index is 9.29. The molecule has 0 bridgehead atoms. The highest BCUT2D eigenvalue weighted by molar-refractivity contribution is 5.99. The quantitative estimate of drug-likeness (QED) is 0.388. The lowest BCUT2D eigenvalue weighted by Crippen LogP contribution is -2.53. The van der Waals surface area contributed by atoms with E-state index in [9.17, 15) is 10.4 Å². The molecule has 0 spiro atoms. The predicted octanol–water partition coefficient (Wildman–Crippen LogP) is 5.25. The maximum atomic E-state index is 9.29. The van der Waals surface area contributed by atoms with Gasteiger partial charge in [0.1, 0.15) is 0 Å². The van der Waals surface area contributed by atoms with Crippen LogP contribution >= 0.6 is 0 Å². The molecule has 25 heavy (non-hydrogen) atoms. The summed E-state index contributed by atoms with van der Waals surface area (Å²) in [5, 5.41) is 25.6. The molecule has 0 amide bonds. The van der Waals surface area contributed by atoms with Crippen molar-refractivity contribution in [2.45, 2.75) is 72.1 Å². The smallest absolute Gasteiger partial charge is 0.0799 e. The third kappa shape index (κ3) is 2.32. The van der Waals surface area contributed by atoms with Gasteiger partial charge in [-0.15, -0.1) is 0 Å². The molecule has 0 aliphatic heterocycles. The average molecular weight is 344 g/mol. The van der Waals surface area contributed by atoms with Crippen LogP contribution in [0.1, 0.15) is 72.1 Å². The summed E-state index contributed by atoms with van der Waals surface area (Å²) in [4.78, 5) is 0. The first-order valence-corrected chi connectivity index (χ1v) is 10.0. The lowest BCUT2D eigenvalue weighted by atomic mass is 9.44. The standard InChI is InChI=1S/C21H32N2O2/c1-13(22-24)17-6-7-18-16-5-4-14-12-15(23-25)8-10-20(14,2)19(16)9-11-21(17,18)3/h6,14,16,18-19,24-25H,4-5,7-12H2,1-3H3/b22-13+,23-15+/t14-,16+,18+,19-,20-,21+/m0/s1. The Kier molecular flexibility index (Phi) is 4.01. The minimum absolute atomic E-state index is 0.188. The molecule has 4 aliphatic carbocycles. The van der Waals surface area contributed by atoms with E-state index < -0.39 is 0 Å². The summed E-state index contributed by atoms with van der Waals surface area (Å²) in [6.45, 7) is 6.88. The zero-order valence-electron chi connectivity index (χ0n) is 15.8. The molecule has 4 heteroatoms. The van der Waals surface area contributed by atoms with Gasteiger partial charge in [0.05, 0.1) is 11.4 Å². The number of rotatable bonds is 1. The Morgan fingerprint density at radius 3 is 2.64 bits per heavy atom. The van der Waals surface area contributed by atoms with Crippen LogP contribution in [0.5, 0.6) is 0 Å². The molecule has 6 atom stereocenters. The molecule has 4 aliphatic rings. The summed E-state index contributed by atoms with van der Waals surface area (Å²) >= 11 is 0. The minimum Gasteiger partial charge on any atom is -0.411 e. The van der Waals surface area contributed by atoms with E-state index in [2.05, 4.69) is 30.2 Å². The Labute approximate surface area is 151 Å². The van der Waals surface area contributed by atoms with Crippen LogP contribution in [0.15, 0.2) is 22.0 Å². The Balaban J connectivity index is 1.61. The lowest BCUT2D eigenvalue weighted by Gasteiger charge is -2.60. The highest BCUT2D eigenvalue weighted by Gasteiger charge is 2.58. The van der Waals surface area contributed by atoms with Gasteiger partial charge < -0.3 is 10.4 Å². The zero-order chi connectivity index (χ0) is 17.8. The van der Waals surface area contributed by atoms with Crippen molar-refractivity contribution >= 4 is 11.4 Å². The van der Waals surface area contributed by atoms with Crippen molar-refractivity contribution in [3.8, 4) is 0 Å². The Hall–Kier alpha value is -1.32. The topological polar surface area (TPSA) is 65.2 Å². The molecule has 0 heterocycles. The lowest BCUT2D eigenvalue weighted by molar-refractivity contribution is -0.0866. The Bertz CT molecular complexity index is 652. The molecular weight excluding hydrogens is 312 g/mol. The molecule has 0 aromatic carbocycles. The Morgan fingerprint density at radius 2 is 1.92 bits per heavy atom. The molecule has 4 rings (SSSR count). The van der Waals surface area contributed by atoms with E-state index in [0.717, 1.165) is 42.5 Å². The monoisotopic (exact) mass is 344 g/mol. The van der Waals surface area contributed by atoms with E-state index in [1.54, 1.807) is 0 Å². The van der Waals surface area contributed by atoms with Crippen LogP contribution in [0.2, 0.25) is 0 Å². The summed E-state index contributed by atoms with van der Waals surface area (Å²) in [6, 6.07) is 0. The SMILES string of the molecule is C/C(=N\O)C1=CC[C@@H]2[C@H]3CC[C@H]4C/C(=N/O)CC[C@]4(C)[C@H]3CC[C@]12C. The van der Waals surface area contributed by atoms with Gasteiger partial charge in [-0.1, -0.05) is 30.2 Å². The van der Waals surface area contributed by atoms with Gasteiger partial charge in [-0.3, -0.25) is 0 Å². The summed E-state index contributed by atoms with van der Waals surface area (Å²) in [6.07, 6.45) is 11.7. The summed E-state index contributed by atoms with van der Waals surface area (Å²) in [5.74, 6) is 2.97. The molecule has 0 aromatic heterocycles. The van der Waals surface area contributed by atoms with Crippen molar-refractivity contribution in [3.63, 3.8) is 0 Å². The van der Waals surface area contributed by atoms with E-state index in [-0.39, 0.29) is 5.41 Å². The number of hydrogen-bond acceptors (Lipinski definition) is 4. The van der Waals surface area contributed by atoms with Gasteiger partial charge in [-0.2, -0.15) is 0 Å². The first-order valence-electron chi connectivity index (χ1n) is 10.0. The second-order valence-corrected chi connectivity index (χ2v) is 9.52. The second kappa shape index (κ2) is 5.85. The third-order valence-corrected chi connectivity index (χ3v) is 8.76. The second-order valence-electron chi connectivity index (χ2n) is 9.52. The Morgan fingerprint density at radius 1 is 1.12 bits per heavy atom. The van der Waals surface area contributed by atoms with Crippen molar-refractivity contribution in [3.05, 3.63) is 11.6 Å². The van der Waals surface area contributed by atoms with E-state index >= 15 is 0 Å². The fourth-order valence-corrected chi connectivity index (χ4v) is 7.33. The normalized spacial score (nSPS) is 48.5. The molecule has 0 radical (unpaired) electrons. The zero-order valence-corrected chi connectivity index (χ0v) is 15.8. The van der Waals surface area contributed by atoms with Gasteiger partial charge in [0.2, 0.25) is 0 Å². The van der Waals surface area contributed by atoms with Crippen LogP contribution in [-0.2, 0) is 0 Å². The predicted molar refractivity (Wildman–Crippen MR) is 99.3 cm³/mol. The minimum atomic E-state index is 0.188. The molecule has 0 aromatic rings. The van der Waals surface area contributed by atoms with E-state index in [4.69, 9.17) is 0 Å². The van der Waals surface area contributed by atoms with Crippen LogP contribution in [0.25, 0.3) is 0 Å². The molecule has 138 valence electrons. The molecular formula is C21H32N2O2. The molecule has 3 fully saturated rings. The molecule has 0 saturated heterocycles. The van der Waals surface area contributed by atoms with E-state index in [0.29, 0.717) is 17.3 Å².